The summed E-state index contributed by atoms with van der Waals surface area (Å²) in [6.07, 6.45) is 0. The molecule has 0 radical (unpaired) electrons. The van der Waals surface area contributed by atoms with Crippen molar-refractivity contribution in [1.29, 1.82) is 0 Å². The first-order valence-electron chi connectivity index (χ1n) is 7.09. The van der Waals surface area contributed by atoms with Gasteiger partial charge in [-0.15, -0.1) is 0 Å². The van der Waals surface area contributed by atoms with Gasteiger partial charge >= 0.3 is 0 Å². The molecule has 0 heterocycles. The molecule has 2 nitrogen and oxygen atoms in total. The molecule has 114 valence electrons. The van der Waals surface area contributed by atoms with Crippen LogP contribution >= 0.6 is 31.9 Å². The van der Waals surface area contributed by atoms with Gasteiger partial charge < -0.3 is 10.1 Å². The third-order valence-corrected chi connectivity index (χ3v) is 4.88. The Morgan fingerprint density at radius 2 is 1.90 bits per heavy atom. The van der Waals surface area contributed by atoms with Gasteiger partial charge in [-0.1, -0.05) is 43.6 Å². The molecule has 0 atom stereocenters. The van der Waals surface area contributed by atoms with Gasteiger partial charge in [-0.05, 0) is 46.3 Å². The van der Waals surface area contributed by atoms with Crippen molar-refractivity contribution in [3.63, 3.8) is 0 Å². The highest BCUT2D eigenvalue weighted by Crippen LogP contribution is 2.33. The number of hydrogen-bond donors (Lipinski definition) is 1. The van der Waals surface area contributed by atoms with E-state index in [0.29, 0.717) is 12.5 Å². The first-order chi connectivity index (χ1) is 9.27. The molecular formula is C16H25Br2NO. The van der Waals surface area contributed by atoms with Crippen LogP contribution in [0, 0.1) is 11.3 Å². The van der Waals surface area contributed by atoms with E-state index >= 15 is 0 Å². The maximum Gasteiger partial charge on any atom is 0.138 e. The van der Waals surface area contributed by atoms with Crippen LogP contribution in [0.4, 0.5) is 0 Å². The lowest BCUT2D eigenvalue weighted by Crippen LogP contribution is -2.33. The molecule has 1 aromatic rings. The predicted octanol–water partition coefficient (Wildman–Crippen LogP) is 5.38. The fourth-order valence-corrected chi connectivity index (χ4v) is 3.20. The Morgan fingerprint density at radius 1 is 1.25 bits per heavy atom. The lowest BCUT2D eigenvalue weighted by atomic mass is 9.81. The maximum atomic E-state index is 5.75. The number of nitrogens with one attached hydrogen (secondary N) is 1. The Labute approximate surface area is 139 Å². The predicted molar refractivity (Wildman–Crippen MR) is 93.3 cm³/mol. The molecule has 1 rings (SSSR count). The smallest absolute Gasteiger partial charge is 0.138 e. The monoisotopic (exact) mass is 405 g/mol. The molecule has 1 N–H and O–H groups in total. The van der Waals surface area contributed by atoms with E-state index in [0.717, 1.165) is 27.8 Å². The van der Waals surface area contributed by atoms with Crippen molar-refractivity contribution >= 4 is 31.9 Å². The van der Waals surface area contributed by atoms with Crippen molar-refractivity contribution in [2.24, 2.45) is 11.3 Å². The summed E-state index contributed by atoms with van der Waals surface area (Å²) in [5.41, 5.74) is 1.46. The fourth-order valence-electron chi connectivity index (χ4n) is 1.77. The van der Waals surface area contributed by atoms with Crippen LogP contribution in [0.1, 0.15) is 40.2 Å². The van der Waals surface area contributed by atoms with Gasteiger partial charge in [0.25, 0.3) is 0 Å². The van der Waals surface area contributed by atoms with Crippen LogP contribution in [0.5, 0.6) is 5.75 Å². The molecule has 20 heavy (non-hydrogen) atoms. The summed E-state index contributed by atoms with van der Waals surface area (Å²) in [4.78, 5) is 0. The van der Waals surface area contributed by atoms with E-state index in [4.69, 9.17) is 4.74 Å². The molecule has 0 amide bonds. The summed E-state index contributed by atoms with van der Waals surface area (Å²) in [7, 11) is 0. The molecule has 0 saturated carbocycles. The zero-order valence-electron chi connectivity index (χ0n) is 13.0. The standard InChI is InChI=1S/C16H25Br2NO/c1-6-20-15-12(7-13(17)8-14(15)18)9-19-10-16(4,5)11(2)3/h7-8,11,19H,6,9-10H2,1-5H3. The zero-order chi connectivity index (χ0) is 15.3. The first kappa shape index (κ1) is 18.0. The minimum absolute atomic E-state index is 0.287. The van der Waals surface area contributed by atoms with E-state index in [-0.39, 0.29) is 5.41 Å². The van der Waals surface area contributed by atoms with E-state index in [1.165, 1.54) is 5.56 Å². The number of hydrogen-bond acceptors (Lipinski definition) is 2. The summed E-state index contributed by atoms with van der Waals surface area (Å²) >= 11 is 7.11. The molecule has 0 aliphatic carbocycles. The van der Waals surface area contributed by atoms with Crippen molar-refractivity contribution < 1.29 is 4.74 Å². The van der Waals surface area contributed by atoms with Crippen LogP contribution in [-0.2, 0) is 6.54 Å². The van der Waals surface area contributed by atoms with Gasteiger partial charge in [-0.3, -0.25) is 0 Å². The number of halogens is 2. The quantitative estimate of drug-likeness (QED) is 0.655. The molecule has 0 spiro atoms. The lowest BCUT2D eigenvalue weighted by Gasteiger charge is -2.29. The SMILES string of the molecule is CCOc1c(Br)cc(Br)cc1CNCC(C)(C)C(C)C. The summed E-state index contributed by atoms with van der Waals surface area (Å²) in [6, 6.07) is 4.14. The normalized spacial score (nSPS) is 12.0. The molecule has 0 saturated heterocycles. The minimum Gasteiger partial charge on any atom is -0.492 e. The molecular weight excluding hydrogens is 382 g/mol. The molecule has 0 aliphatic heterocycles. The highest BCUT2D eigenvalue weighted by molar-refractivity contribution is 9.11. The second kappa shape index (κ2) is 7.81. The average molecular weight is 407 g/mol. The number of rotatable bonds is 7. The van der Waals surface area contributed by atoms with Gasteiger partial charge in [-0.2, -0.15) is 0 Å². The third-order valence-electron chi connectivity index (χ3n) is 3.83. The summed E-state index contributed by atoms with van der Waals surface area (Å²) in [5.74, 6) is 1.58. The Bertz CT molecular complexity index is 444. The van der Waals surface area contributed by atoms with Gasteiger partial charge in [0.15, 0.2) is 0 Å². The lowest BCUT2D eigenvalue weighted by molar-refractivity contribution is 0.237. The van der Waals surface area contributed by atoms with E-state index in [1.54, 1.807) is 0 Å². The van der Waals surface area contributed by atoms with Gasteiger partial charge in [0.1, 0.15) is 5.75 Å². The van der Waals surface area contributed by atoms with Crippen molar-refractivity contribution in [3.05, 3.63) is 26.6 Å². The zero-order valence-corrected chi connectivity index (χ0v) is 16.2. The fraction of sp³-hybridized carbons (Fsp3) is 0.625. The van der Waals surface area contributed by atoms with Crippen molar-refractivity contribution in [1.82, 2.24) is 5.32 Å². The highest BCUT2D eigenvalue weighted by Gasteiger charge is 2.21. The van der Waals surface area contributed by atoms with E-state index in [1.807, 2.05) is 13.0 Å². The van der Waals surface area contributed by atoms with Crippen molar-refractivity contribution in [2.75, 3.05) is 13.2 Å². The molecule has 1 aromatic carbocycles. The van der Waals surface area contributed by atoms with Crippen LogP contribution < -0.4 is 10.1 Å². The summed E-state index contributed by atoms with van der Waals surface area (Å²) < 4.78 is 7.80. The largest absolute Gasteiger partial charge is 0.492 e. The van der Waals surface area contributed by atoms with E-state index < -0.39 is 0 Å². The number of benzene rings is 1. The summed E-state index contributed by atoms with van der Waals surface area (Å²) in [6.45, 7) is 13.6. The molecule has 0 unspecified atom stereocenters. The van der Waals surface area contributed by atoms with Crippen LogP contribution in [0.25, 0.3) is 0 Å². The topological polar surface area (TPSA) is 21.3 Å². The van der Waals surface area contributed by atoms with Crippen LogP contribution in [0.3, 0.4) is 0 Å². The molecule has 0 fully saturated rings. The van der Waals surface area contributed by atoms with Crippen molar-refractivity contribution in [2.45, 2.75) is 41.2 Å². The second-order valence-corrected chi connectivity index (χ2v) is 7.83. The molecule has 0 bridgehead atoms. The molecule has 4 heteroatoms. The molecule has 0 aliphatic rings. The van der Waals surface area contributed by atoms with Crippen LogP contribution in [0.2, 0.25) is 0 Å². The number of ether oxygens (including phenoxy) is 1. The Hall–Kier alpha value is -0.0600. The van der Waals surface area contributed by atoms with E-state index in [9.17, 15) is 0 Å². The average Bonchev–Trinajstić information content (AvgIpc) is 2.33. The van der Waals surface area contributed by atoms with Gasteiger partial charge in [0.2, 0.25) is 0 Å². The van der Waals surface area contributed by atoms with E-state index in [2.05, 4.69) is 70.9 Å². The van der Waals surface area contributed by atoms with Gasteiger partial charge in [0.05, 0.1) is 11.1 Å². The Balaban J connectivity index is 2.77. The molecule has 0 aromatic heterocycles. The first-order valence-corrected chi connectivity index (χ1v) is 8.68. The Morgan fingerprint density at radius 3 is 2.45 bits per heavy atom. The maximum absolute atomic E-state index is 5.75. The Kier molecular flexibility index (Phi) is 7.02. The van der Waals surface area contributed by atoms with Crippen molar-refractivity contribution in [3.8, 4) is 5.75 Å². The minimum atomic E-state index is 0.287. The van der Waals surface area contributed by atoms with Gasteiger partial charge in [-0.25, -0.2) is 0 Å². The highest BCUT2D eigenvalue weighted by atomic mass is 79.9. The van der Waals surface area contributed by atoms with Gasteiger partial charge in [0, 0.05) is 23.1 Å². The second-order valence-electron chi connectivity index (χ2n) is 6.06. The van der Waals surface area contributed by atoms with Crippen LogP contribution in [0.15, 0.2) is 21.1 Å². The summed E-state index contributed by atoms with van der Waals surface area (Å²) in [5, 5.41) is 3.55. The van der Waals surface area contributed by atoms with Crippen LogP contribution in [-0.4, -0.2) is 13.2 Å². The third kappa shape index (κ3) is 5.05.